The Labute approximate surface area is 176 Å². The van der Waals surface area contributed by atoms with Gasteiger partial charge < -0.3 is 20.1 Å². The highest BCUT2D eigenvalue weighted by Gasteiger charge is 2.14. The van der Waals surface area contributed by atoms with Gasteiger partial charge in [0.1, 0.15) is 19.0 Å². The molecule has 7 heteroatoms. The Kier molecular flexibility index (Phi) is 7.58. The molecule has 2 N–H and O–H groups in total. The van der Waals surface area contributed by atoms with Crippen molar-refractivity contribution in [3.8, 4) is 5.75 Å². The lowest BCUT2D eigenvalue weighted by atomic mass is 9.87. The average molecular weight is 412 g/mol. The second-order valence-electron chi connectivity index (χ2n) is 7.92. The molecule has 0 aromatic heterocycles. The molecule has 160 valence electrons. The molecular formula is C23H28N2O5. The predicted molar refractivity (Wildman–Crippen MR) is 116 cm³/mol. The van der Waals surface area contributed by atoms with Crippen LogP contribution in [0.25, 0.3) is 0 Å². The maximum absolute atomic E-state index is 12.4. The van der Waals surface area contributed by atoms with Gasteiger partial charge in [0.05, 0.1) is 5.56 Å². The molecule has 0 atom stereocenters. The van der Waals surface area contributed by atoms with Crippen molar-refractivity contribution >= 4 is 29.2 Å². The van der Waals surface area contributed by atoms with Crippen molar-refractivity contribution < 1.29 is 23.9 Å². The fourth-order valence-corrected chi connectivity index (χ4v) is 2.72. The Morgan fingerprint density at radius 2 is 1.37 bits per heavy atom. The molecule has 0 aliphatic heterocycles. The van der Waals surface area contributed by atoms with E-state index in [-0.39, 0.29) is 36.0 Å². The lowest BCUT2D eigenvalue weighted by Crippen LogP contribution is -2.15. The molecule has 0 fully saturated rings. The van der Waals surface area contributed by atoms with Crippen molar-refractivity contribution in [1.82, 2.24) is 0 Å². The quantitative estimate of drug-likeness (QED) is 0.527. The van der Waals surface area contributed by atoms with Gasteiger partial charge in [-0.15, -0.1) is 0 Å². The minimum atomic E-state index is -0.583. The number of hydrogen-bond donors (Lipinski definition) is 2. The minimum absolute atomic E-state index is 0.0552. The van der Waals surface area contributed by atoms with Crippen LogP contribution in [0.1, 0.15) is 50.5 Å². The number of hydrogen-bond acceptors (Lipinski definition) is 5. The second-order valence-corrected chi connectivity index (χ2v) is 7.92. The fraction of sp³-hybridized carbons (Fsp3) is 0.348. The highest BCUT2D eigenvalue weighted by atomic mass is 16.6. The Hall–Kier alpha value is -3.35. The monoisotopic (exact) mass is 412 g/mol. The van der Waals surface area contributed by atoms with E-state index in [0.29, 0.717) is 17.1 Å². The van der Waals surface area contributed by atoms with Crippen LogP contribution in [-0.2, 0) is 19.7 Å². The molecule has 0 saturated carbocycles. The number of benzene rings is 2. The van der Waals surface area contributed by atoms with E-state index in [2.05, 4.69) is 31.4 Å². The molecule has 0 spiro atoms. The van der Waals surface area contributed by atoms with E-state index in [0.717, 1.165) is 0 Å². The van der Waals surface area contributed by atoms with Crippen LogP contribution < -0.4 is 15.4 Å². The predicted octanol–water partition coefficient (Wildman–Crippen LogP) is 4.14. The number of rotatable bonds is 7. The third-order valence-electron chi connectivity index (χ3n) is 4.12. The molecule has 2 aromatic carbocycles. The first kappa shape index (κ1) is 22.9. The molecule has 0 bridgehead atoms. The standard InChI is InChI=1S/C23H28N2O5/c1-15(26)24-19-12-17(13-20(14-19)25-16(2)27)22(28)30-11-10-29-21-8-6-18(7-9-21)23(3,4)5/h6-9,12-14H,10-11H2,1-5H3,(H,24,26)(H,25,27). The molecule has 0 aliphatic carbocycles. The van der Waals surface area contributed by atoms with Crippen LogP contribution in [0.2, 0.25) is 0 Å². The first-order valence-electron chi connectivity index (χ1n) is 9.65. The zero-order valence-corrected chi connectivity index (χ0v) is 18.0. The van der Waals surface area contributed by atoms with Crippen molar-refractivity contribution in [2.24, 2.45) is 0 Å². The van der Waals surface area contributed by atoms with Gasteiger partial charge in [-0.3, -0.25) is 9.59 Å². The van der Waals surface area contributed by atoms with Crippen molar-refractivity contribution in [1.29, 1.82) is 0 Å². The summed E-state index contributed by atoms with van der Waals surface area (Å²) in [6, 6.07) is 12.3. The van der Waals surface area contributed by atoms with Gasteiger partial charge in [0.15, 0.2) is 0 Å². The Morgan fingerprint density at radius 3 is 1.83 bits per heavy atom. The van der Waals surface area contributed by atoms with Crippen molar-refractivity contribution in [3.63, 3.8) is 0 Å². The third-order valence-corrected chi connectivity index (χ3v) is 4.12. The summed E-state index contributed by atoms with van der Waals surface area (Å²) < 4.78 is 10.9. The summed E-state index contributed by atoms with van der Waals surface area (Å²) >= 11 is 0. The fourth-order valence-electron chi connectivity index (χ4n) is 2.72. The molecule has 0 aliphatic rings. The number of amides is 2. The normalized spacial score (nSPS) is 10.8. The largest absolute Gasteiger partial charge is 0.490 e. The third kappa shape index (κ3) is 7.24. The molecule has 2 aromatic rings. The summed E-state index contributed by atoms with van der Waals surface area (Å²) in [6.07, 6.45) is 0. The van der Waals surface area contributed by atoms with Crippen molar-refractivity contribution in [2.45, 2.75) is 40.0 Å². The second kappa shape index (κ2) is 9.91. The van der Waals surface area contributed by atoms with Crippen LogP contribution in [0, 0.1) is 0 Å². The lowest BCUT2D eigenvalue weighted by Gasteiger charge is -2.19. The number of esters is 1. The van der Waals surface area contributed by atoms with Gasteiger partial charge in [-0.25, -0.2) is 4.79 Å². The van der Waals surface area contributed by atoms with Gasteiger partial charge in [-0.05, 0) is 41.3 Å². The molecule has 2 amide bonds. The summed E-state index contributed by atoms with van der Waals surface area (Å²) in [5.74, 6) is -0.472. The molecule has 2 rings (SSSR count). The number of ether oxygens (including phenoxy) is 2. The van der Waals surface area contributed by atoms with Gasteiger partial charge in [0, 0.05) is 25.2 Å². The molecule has 7 nitrogen and oxygen atoms in total. The van der Waals surface area contributed by atoms with E-state index in [1.54, 1.807) is 6.07 Å². The zero-order chi connectivity index (χ0) is 22.3. The molecule has 30 heavy (non-hydrogen) atoms. The van der Waals surface area contributed by atoms with Crippen LogP contribution >= 0.6 is 0 Å². The van der Waals surface area contributed by atoms with Gasteiger partial charge >= 0.3 is 5.97 Å². The first-order chi connectivity index (χ1) is 14.0. The lowest BCUT2D eigenvalue weighted by molar-refractivity contribution is -0.115. The number of carbonyl (C=O) groups is 3. The van der Waals surface area contributed by atoms with Crippen LogP contribution in [0.4, 0.5) is 11.4 Å². The summed E-state index contributed by atoms with van der Waals surface area (Å²) in [5.41, 5.74) is 2.25. The minimum Gasteiger partial charge on any atom is -0.490 e. The average Bonchev–Trinajstić information content (AvgIpc) is 2.63. The maximum Gasteiger partial charge on any atom is 0.338 e. The highest BCUT2D eigenvalue weighted by molar-refractivity contribution is 5.97. The van der Waals surface area contributed by atoms with E-state index in [1.807, 2.05) is 24.3 Å². The summed E-state index contributed by atoms with van der Waals surface area (Å²) in [5, 5.41) is 5.19. The van der Waals surface area contributed by atoms with Gasteiger partial charge in [-0.1, -0.05) is 32.9 Å². The SMILES string of the molecule is CC(=O)Nc1cc(NC(C)=O)cc(C(=O)OCCOc2ccc(C(C)(C)C)cc2)c1. The van der Waals surface area contributed by atoms with Crippen molar-refractivity contribution in [2.75, 3.05) is 23.8 Å². The smallest absolute Gasteiger partial charge is 0.338 e. The maximum atomic E-state index is 12.4. The molecule has 0 heterocycles. The van der Waals surface area contributed by atoms with Crippen molar-refractivity contribution in [3.05, 3.63) is 53.6 Å². The Balaban J connectivity index is 1.95. The molecule has 0 unspecified atom stereocenters. The van der Waals surface area contributed by atoms with E-state index in [9.17, 15) is 14.4 Å². The van der Waals surface area contributed by atoms with E-state index in [1.165, 1.54) is 31.5 Å². The Morgan fingerprint density at radius 1 is 0.833 bits per heavy atom. The molecular weight excluding hydrogens is 384 g/mol. The number of carbonyl (C=O) groups excluding carboxylic acids is 3. The Bertz CT molecular complexity index is 880. The van der Waals surface area contributed by atoms with E-state index < -0.39 is 5.97 Å². The van der Waals surface area contributed by atoms with Gasteiger partial charge in [0.25, 0.3) is 0 Å². The first-order valence-corrected chi connectivity index (χ1v) is 9.65. The summed E-state index contributed by atoms with van der Waals surface area (Å²) in [7, 11) is 0. The molecule has 0 radical (unpaired) electrons. The topological polar surface area (TPSA) is 93.7 Å². The number of nitrogens with one attached hydrogen (secondary N) is 2. The summed E-state index contributed by atoms with van der Waals surface area (Å²) in [6.45, 7) is 9.38. The van der Waals surface area contributed by atoms with Crippen LogP contribution in [-0.4, -0.2) is 31.0 Å². The van der Waals surface area contributed by atoms with Crippen LogP contribution in [0.5, 0.6) is 5.75 Å². The summed E-state index contributed by atoms with van der Waals surface area (Å²) in [4.78, 5) is 35.0. The number of anilines is 2. The molecule has 0 saturated heterocycles. The van der Waals surface area contributed by atoms with Crippen LogP contribution in [0.15, 0.2) is 42.5 Å². The van der Waals surface area contributed by atoms with Gasteiger partial charge in [-0.2, -0.15) is 0 Å². The van der Waals surface area contributed by atoms with E-state index in [4.69, 9.17) is 9.47 Å². The van der Waals surface area contributed by atoms with E-state index >= 15 is 0 Å². The zero-order valence-electron chi connectivity index (χ0n) is 18.0. The van der Waals surface area contributed by atoms with Gasteiger partial charge in [0.2, 0.25) is 11.8 Å². The van der Waals surface area contributed by atoms with Crippen LogP contribution in [0.3, 0.4) is 0 Å². The highest BCUT2D eigenvalue weighted by Crippen LogP contribution is 2.24.